The van der Waals surface area contributed by atoms with Crippen molar-refractivity contribution in [1.82, 2.24) is 0 Å². The average molecular weight is 304 g/mol. The third-order valence-electron chi connectivity index (χ3n) is 2.23. The molecule has 2 nitrogen and oxygen atoms in total. The van der Waals surface area contributed by atoms with Crippen molar-refractivity contribution >= 4 is 22.6 Å². The van der Waals surface area contributed by atoms with Gasteiger partial charge < -0.3 is 9.47 Å². The zero-order chi connectivity index (χ0) is 9.97. The summed E-state index contributed by atoms with van der Waals surface area (Å²) in [5.74, 6) is 1.77. The second-order valence-corrected chi connectivity index (χ2v) is 5.24. The fraction of sp³-hybridized carbons (Fsp3) is 0.455. The van der Waals surface area contributed by atoms with E-state index >= 15 is 0 Å². The Balaban J connectivity index is 2.32. The van der Waals surface area contributed by atoms with Crippen molar-refractivity contribution in [1.29, 1.82) is 0 Å². The molecule has 1 aliphatic rings. The van der Waals surface area contributed by atoms with Crippen LogP contribution in [-0.4, -0.2) is 13.2 Å². The van der Waals surface area contributed by atoms with Gasteiger partial charge in [-0.2, -0.15) is 0 Å². The van der Waals surface area contributed by atoms with Gasteiger partial charge >= 0.3 is 0 Å². The minimum Gasteiger partial charge on any atom is -0.490 e. The summed E-state index contributed by atoms with van der Waals surface area (Å²) >= 11 is 2.40. The van der Waals surface area contributed by atoms with Gasteiger partial charge in [0.2, 0.25) is 0 Å². The van der Waals surface area contributed by atoms with E-state index in [1.54, 1.807) is 0 Å². The first kappa shape index (κ1) is 10.1. The van der Waals surface area contributed by atoms with Crippen LogP contribution in [0.25, 0.3) is 0 Å². The highest BCUT2D eigenvalue weighted by Gasteiger charge is 2.11. The number of hydrogen-bond acceptors (Lipinski definition) is 2. The lowest BCUT2D eigenvalue weighted by atomic mass is 10.1. The molecule has 1 unspecified atom stereocenters. The van der Waals surface area contributed by atoms with Gasteiger partial charge in [-0.3, -0.25) is 0 Å². The maximum atomic E-state index is 5.61. The van der Waals surface area contributed by atoms with Crippen LogP contribution in [0, 0.1) is 0 Å². The average Bonchev–Trinajstić information content (AvgIpc) is 2.41. The van der Waals surface area contributed by atoms with E-state index in [4.69, 9.17) is 9.47 Å². The van der Waals surface area contributed by atoms with Crippen LogP contribution in [0.1, 0.15) is 22.8 Å². The second-order valence-electron chi connectivity index (χ2n) is 3.37. The quantitative estimate of drug-likeness (QED) is 0.585. The zero-order valence-corrected chi connectivity index (χ0v) is 10.3. The molecule has 1 heterocycles. The van der Waals surface area contributed by atoms with Crippen molar-refractivity contribution in [3.63, 3.8) is 0 Å². The van der Waals surface area contributed by atoms with Gasteiger partial charge in [0, 0.05) is 10.3 Å². The first-order valence-corrected chi connectivity index (χ1v) is 6.05. The molecule has 0 saturated heterocycles. The molecule has 0 radical (unpaired) electrons. The number of fused-ring (bicyclic) bond motifs is 1. The number of ether oxygens (including phenoxy) is 2. The van der Waals surface area contributed by atoms with Gasteiger partial charge in [0.15, 0.2) is 11.5 Å². The monoisotopic (exact) mass is 304 g/mol. The Labute approximate surface area is 97.7 Å². The largest absolute Gasteiger partial charge is 0.490 e. The van der Waals surface area contributed by atoms with E-state index in [0.29, 0.717) is 3.92 Å². The maximum absolute atomic E-state index is 5.61. The number of hydrogen-bond donors (Lipinski definition) is 0. The molecule has 0 aliphatic carbocycles. The molecule has 3 heteroatoms. The van der Waals surface area contributed by atoms with Gasteiger partial charge in [0.25, 0.3) is 0 Å². The van der Waals surface area contributed by atoms with Gasteiger partial charge in [-0.15, -0.1) is 0 Å². The third kappa shape index (κ3) is 2.13. The van der Waals surface area contributed by atoms with E-state index in [0.717, 1.165) is 31.1 Å². The van der Waals surface area contributed by atoms with E-state index in [1.165, 1.54) is 5.56 Å². The van der Waals surface area contributed by atoms with Crippen molar-refractivity contribution in [2.75, 3.05) is 13.2 Å². The topological polar surface area (TPSA) is 18.5 Å². The Morgan fingerprint density at radius 3 is 2.64 bits per heavy atom. The summed E-state index contributed by atoms with van der Waals surface area (Å²) in [5.41, 5.74) is 1.29. The Morgan fingerprint density at radius 2 is 1.93 bits per heavy atom. The van der Waals surface area contributed by atoms with E-state index in [1.807, 2.05) is 6.07 Å². The molecule has 0 bridgehead atoms. The van der Waals surface area contributed by atoms with Crippen molar-refractivity contribution < 1.29 is 9.47 Å². The number of alkyl halides is 1. The molecule has 0 amide bonds. The van der Waals surface area contributed by atoms with E-state index < -0.39 is 0 Å². The van der Waals surface area contributed by atoms with E-state index in [2.05, 4.69) is 41.6 Å². The number of benzene rings is 1. The summed E-state index contributed by atoms with van der Waals surface area (Å²) in [5, 5.41) is 0. The highest BCUT2D eigenvalue weighted by molar-refractivity contribution is 14.1. The highest BCUT2D eigenvalue weighted by atomic mass is 127. The Hall–Kier alpha value is -0.450. The fourth-order valence-electron chi connectivity index (χ4n) is 1.43. The lowest BCUT2D eigenvalue weighted by molar-refractivity contribution is 0.297. The van der Waals surface area contributed by atoms with Gasteiger partial charge in [-0.1, -0.05) is 28.7 Å². The normalized spacial score (nSPS) is 17.3. The molecule has 1 aliphatic heterocycles. The molecule has 76 valence electrons. The smallest absolute Gasteiger partial charge is 0.161 e. The molecular weight excluding hydrogens is 291 g/mol. The highest BCUT2D eigenvalue weighted by Crippen LogP contribution is 2.34. The Kier molecular flexibility index (Phi) is 3.15. The number of rotatable bonds is 1. The SMILES string of the molecule is CC(I)c1ccc2c(c1)OCCCO2. The van der Waals surface area contributed by atoms with Gasteiger partial charge in [0.05, 0.1) is 13.2 Å². The Bertz CT molecular complexity index is 323. The molecule has 0 saturated carbocycles. The molecule has 2 rings (SSSR count). The molecule has 0 spiro atoms. The van der Waals surface area contributed by atoms with Crippen LogP contribution in [0.3, 0.4) is 0 Å². The van der Waals surface area contributed by atoms with Crippen molar-refractivity contribution in [3.05, 3.63) is 23.8 Å². The molecule has 1 aromatic rings. The molecule has 0 fully saturated rings. The summed E-state index contributed by atoms with van der Waals surface area (Å²) in [7, 11) is 0. The van der Waals surface area contributed by atoms with Gasteiger partial charge in [-0.05, 0) is 24.6 Å². The van der Waals surface area contributed by atoms with Crippen LogP contribution in [0.4, 0.5) is 0 Å². The molecule has 14 heavy (non-hydrogen) atoms. The van der Waals surface area contributed by atoms with Crippen molar-refractivity contribution in [3.8, 4) is 11.5 Å². The summed E-state index contributed by atoms with van der Waals surface area (Å²) in [6, 6.07) is 6.19. The predicted octanol–water partition coefficient (Wildman–Crippen LogP) is 3.34. The number of halogens is 1. The summed E-state index contributed by atoms with van der Waals surface area (Å²) < 4.78 is 11.7. The maximum Gasteiger partial charge on any atom is 0.161 e. The van der Waals surface area contributed by atoms with Crippen LogP contribution in [-0.2, 0) is 0 Å². The third-order valence-corrected chi connectivity index (χ3v) is 2.95. The first-order valence-electron chi connectivity index (χ1n) is 4.81. The Morgan fingerprint density at radius 1 is 1.21 bits per heavy atom. The van der Waals surface area contributed by atoms with E-state index in [9.17, 15) is 0 Å². The fourth-order valence-corrected chi connectivity index (χ4v) is 1.81. The van der Waals surface area contributed by atoms with Crippen molar-refractivity contribution in [2.45, 2.75) is 17.3 Å². The van der Waals surface area contributed by atoms with Crippen molar-refractivity contribution in [2.24, 2.45) is 0 Å². The molecule has 0 aromatic heterocycles. The summed E-state index contributed by atoms with van der Waals surface area (Å²) in [6.45, 7) is 3.68. The lowest BCUT2D eigenvalue weighted by Crippen LogP contribution is -1.97. The predicted molar refractivity (Wildman–Crippen MR) is 64.5 cm³/mol. The van der Waals surface area contributed by atoms with Gasteiger partial charge in [-0.25, -0.2) is 0 Å². The standard InChI is InChI=1S/C11H13IO2/c1-8(12)9-3-4-10-11(7-9)14-6-2-5-13-10/h3-4,7-8H,2,5-6H2,1H3. The summed E-state index contributed by atoms with van der Waals surface area (Å²) in [4.78, 5) is 0. The molecule has 0 N–H and O–H groups in total. The lowest BCUT2D eigenvalue weighted by Gasteiger charge is -2.10. The molecule has 1 atom stereocenters. The second kappa shape index (κ2) is 4.38. The summed E-state index contributed by atoms with van der Waals surface area (Å²) in [6.07, 6.45) is 0.962. The molecule has 1 aromatic carbocycles. The first-order chi connectivity index (χ1) is 6.77. The minimum absolute atomic E-state index is 0.504. The van der Waals surface area contributed by atoms with Crippen LogP contribution in [0.15, 0.2) is 18.2 Å². The van der Waals surface area contributed by atoms with E-state index in [-0.39, 0.29) is 0 Å². The van der Waals surface area contributed by atoms with Crippen LogP contribution in [0.2, 0.25) is 0 Å². The van der Waals surface area contributed by atoms with Crippen LogP contribution in [0.5, 0.6) is 11.5 Å². The molecular formula is C11H13IO2. The van der Waals surface area contributed by atoms with Crippen LogP contribution >= 0.6 is 22.6 Å². The zero-order valence-electron chi connectivity index (χ0n) is 8.13. The van der Waals surface area contributed by atoms with Crippen LogP contribution < -0.4 is 9.47 Å². The minimum atomic E-state index is 0.504. The van der Waals surface area contributed by atoms with Gasteiger partial charge in [0.1, 0.15) is 0 Å².